The maximum atomic E-state index is 12.1. The van der Waals surface area contributed by atoms with E-state index in [4.69, 9.17) is 9.57 Å². The largest absolute Gasteiger partial charge is 0.444 e. The molecule has 0 aliphatic carbocycles. The first kappa shape index (κ1) is 12.9. The zero-order valence-corrected chi connectivity index (χ0v) is 11.3. The van der Waals surface area contributed by atoms with Crippen LogP contribution in [0.4, 0.5) is 4.79 Å². The van der Waals surface area contributed by atoms with Gasteiger partial charge in [-0.1, -0.05) is 17.3 Å². The Kier molecular flexibility index (Phi) is 3.32. The van der Waals surface area contributed by atoms with Gasteiger partial charge in [-0.2, -0.15) is 0 Å². The molecule has 2 unspecified atom stereocenters. The SMILES string of the molecule is CON=C1CC2C=CC(C1)N2C(=O)OC(C)(C)C. The topological polar surface area (TPSA) is 51.1 Å². The summed E-state index contributed by atoms with van der Waals surface area (Å²) in [6, 6.07) is 0.0972. The summed E-state index contributed by atoms with van der Waals surface area (Å²) >= 11 is 0. The van der Waals surface area contributed by atoms with E-state index < -0.39 is 5.60 Å². The average Bonchev–Trinajstić information content (AvgIpc) is 2.49. The van der Waals surface area contributed by atoms with Crippen molar-refractivity contribution < 1.29 is 14.4 Å². The Hall–Kier alpha value is -1.52. The Bertz CT molecular complexity index is 378. The fraction of sp³-hybridized carbons (Fsp3) is 0.692. The summed E-state index contributed by atoms with van der Waals surface area (Å²) in [4.78, 5) is 18.7. The third kappa shape index (κ3) is 2.66. The summed E-state index contributed by atoms with van der Waals surface area (Å²) in [7, 11) is 1.54. The third-order valence-corrected chi connectivity index (χ3v) is 2.98. The lowest BCUT2D eigenvalue weighted by molar-refractivity contribution is 0.0158. The molecular weight excluding hydrogens is 232 g/mol. The fourth-order valence-corrected chi connectivity index (χ4v) is 2.38. The van der Waals surface area contributed by atoms with Crippen molar-refractivity contribution in [1.29, 1.82) is 0 Å². The van der Waals surface area contributed by atoms with Crippen LogP contribution in [0.2, 0.25) is 0 Å². The van der Waals surface area contributed by atoms with Crippen LogP contribution in [0.25, 0.3) is 0 Å². The molecule has 5 nitrogen and oxygen atoms in total. The Morgan fingerprint density at radius 2 is 1.89 bits per heavy atom. The molecule has 0 spiro atoms. The summed E-state index contributed by atoms with van der Waals surface area (Å²) in [5.41, 5.74) is 0.537. The van der Waals surface area contributed by atoms with Crippen LogP contribution < -0.4 is 0 Å². The normalized spacial score (nSPS) is 26.2. The molecule has 2 bridgehead atoms. The molecule has 18 heavy (non-hydrogen) atoms. The van der Waals surface area contributed by atoms with Crippen LogP contribution in [0.5, 0.6) is 0 Å². The molecule has 1 amide bonds. The van der Waals surface area contributed by atoms with Gasteiger partial charge < -0.3 is 9.57 Å². The molecular formula is C13H20N2O3. The second kappa shape index (κ2) is 4.63. The van der Waals surface area contributed by atoms with Gasteiger partial charge in [-0.3, -0.25) is 4.90 Å². The summed E-state index contributed by atoms with van der Waals surface area (Å²) in [5.74, 6) is 0. The number of ether oxygens (including phenoxy) is 1. The van der Waals surface area contributed by atoms with E-state index in [-0.39, 0.29) is 18.2 Å². The van der Waals surface area contributed by atoms with E-state index in [2.05, 4.69) is 5.16 Å². The minimum Gasteiger partial charge on any atom is -0.444 e. The molecule has 2 heterocycles. The molecule has 0 N–H and O–H groups in total. The van der Waals surface area contributed by atoms with Gasteiger partial charge in [0, 0.05) is 12.8 Å². The zero-order valence-electron chi connectivity index (χ0n) is 11.3. The molecule has 0 saturated carbocycles. The van der Waals surface area contributed by atoms with Crippen LogP contribution >= 0.6 is 0 Å². The van der Waals surface area contributed by atoms with Gasteiger partial charge in [0.15, 0.2) is 0 Å². The quantitative estimate of drug-likeness (QED) is 0.531. The number of piperidine rings is 1. The standard InChI is InChI=1S/C13H20N2O3/c1-13(2,3)18-12(16)15-10-5-6-11(15)8-9(7-10)14-17-4/h5-6,10-11H,7-8H2,1-4H3. The first-order valence-electron chi connectivity index (χ1n) is 6.19. The summed E-state index contributed by atoms with van der Waals surface area (Å²) < 4.78 is 5.43. The molecule has 1 fully saturated rings. The van der Waals surface area contributed by atoms with E-state index in [1.165, 1.54) is 0 Å². The van der Waals surface area contributed by atoms with Crippen molar-refractivity contribution in [3.63, 3.8) is 0 Å². The van der Waals surface area contributed by atoms with Crippen LogP contribution in [-0.4, -0.2) is 41.5 Å². The predicted molar refractivity (Wildman–Crippen MR) is 68.5 cm³/mol. The Morgan fingerprint density at radius 1 is 1.33 bits per heavy atom. The van der Waals surface area contributed by atoms with Gasteiger partial charge in [0.1, 0.15) is 12.7 Å². The zero-order chi connectivity index (χ0) is 13.3. The number of nitrogens with zero attached hydrogens (tertiary/aromatic N) is 2. The minimum absolute atomic E-state index is 0.0486. The van der Waals surface area contributed by atoms with Crippen LogP contribution in [-0.2, 0) is 9.57 Å². The van der Waals surface area contributed by atoms with Crippen LogP contribution in [0.15, 0.2) is 17.3 Å². The molecule has 0 radical (unpaired) electrons. The van der Waals surface area contributed by atoms with E-state index in [1.807, 2.05) is 32.9 Å². The van der Waals surface area contributed by atoms with Gasteiger partial charge in [0.05, 0.1) is 17.8 Å². The Labute approximate surface area is 107 Å². The highest BCUT2D eigenvalue weighted by molar-refractivity contribution is 5.89. The van der Waals surface area contributed by atoms with Gasteiger partial charge in [0.2, 0.25) is 0 Å². The Balaban J connectivity index is 2.06. The minimum atomic E-state index is -0.461. The van der Waals surface area contributed by atoms with Crippen molar-refractivity contribution >= 4 is 11.8 Å². The lowest BCUT2D eigenvalue weighted by atomic mass is 10.0. The number of hydrogen-bond donors (Lipinski definition) is 0. The van der Waals surface area contributed by atoms with Crippen LogP contribution in [0.1, 0.15) is 33.6 Å². The highest BCUT2D eigenvalue weighted by Crippen LogP contribution is 2.30. The van der Waals surface area contributed by atoms with Gasteiger partial charge in [-0.15, -0.1) is 0 Å². The number of amides is 1. The van der Waals surface area contributed by atoms with Crippen molar-refractivity contribution in [2.45, 2.75) is 51.3 Å². The number of carbonyl (C=O) groups excluding carboxylic acids is 1. The van der Waals surface area contributed by atoms with Crippen molar-refractivity contribution in [2.75, 3.05) is 7.11 Å². The van der Waals surface area contributed by atoms with E-state index in [0.29, 0.717) is 0 Å². The number of carbonyl (C=O) groups is 1. The second-order valence-electron chi connectivity index (χ2n) is 5.66. The van der Waals surface area contributed by atoms with Gasteiger partial charge in [-0.05, 0) is 20.8 Å². The van der Waals surface area contributed by atoms with E-state index >= 15 is 0 Å². The van der Waals surface area contributed by atoms with Crippen LogP contribution in [0, 0.1) is 0 Å². The summed E-state index contributed by atoms with van der Waals surface area (Å²) in [5, 5.41) is 3.99. The molecule has 5 heteroatoms. The summed E-state index contributed by atoms with van der Waals surface area (Å²) in [6.07, 6.45) is 5.29. The number of fused-ring (bicyclic) bond motifs is 2. The van der Waals surface area contributed by atoms with Crippen molar-refractivity contribution in [1.82, 2.24) is 4.90 Å². The molecule has 1 saturated heterocycles. The first-order chi connectivity index (χ1) is 8.40. The van der Waals surface area contributed by atoms with Crippen molar-refractivity contribution in [3.05, 3.63) is 12.2 Å². The van der Waals surface area contributed by atoms with Crippen molar-refractivity contribution in [3.8, 4) is 0 Å². The third-order valence-electron chi connectivity index (χ3n) is 2.98. The maximum absolute atomic E-state index is 12.1. The predicted octanol–water partition coefficient (Wildman–Crippen LogP) is 2.33. The molecule has 2 atom stereocenters. The lowest BCUT2D eigenvalue weighted by Gasteiger charge is -2.36. The van der Waals surface area contributed by atoms with Crippen molar-refractivity contribution in [2.24, 2.45) is 5.16 Å². The molecule has 0 aromatic heterocycles. The number of rotatable bonds is 1. The molecule has 2 aliphatic heterocycles. The molecule has 0 aromatic rings. The van der Waals surface area contributed by atoms with Crippen LogP contribution in [0.3, 0.4) is 0 Å². The maximum Gasteiger partial charge on any atom is 0.411 e. The highest BCUT2D eigenvalue weighted by atomic mass is 16.6. The average molecular weight is 252 g/mol. The van der Waals surface area contributed by atoms with Gasteiger partial charge in [-0.25, -0.2) is 4.79 Å². The van der Waals surface area contributed by atoms with E-state index in [0.717, 1.165) is 18.6 Å². The smallest absolute Gasteiger partial charge is 0.411 e. The van der Waals surface area contributed by atoms with E-state index in [1.54, 1.807) is 12.0 Å². The fourth-order valence-electron chi connectivity index (χ4n) is 2.38. The molecule has 2 rings (SSSR count). The number of oxime groups is 1. The van der Waals surface area contributed by atoms with E-state index in [9.17, 15) is 4.79 Å². The molecule has 2 aliphatic rings. The van der Waals surface area contributed by atoms with Gasteiger partial charge in [0.25, 0.3) is 0 Å². The number of hydrogen-bond acceptors (Lipinski definition) is 4. The monoisotopic (exact) mass is 252 g/mol. The Morgan fingerprint density at radius 3 is 2.33 bits per heavy atom. The lowest BCUT2D eigenvalue weighted by Crippen LogP contribution is -2.49. The summed E-state index contributed by atoms with van der Waals surface area (Å²) in [6.45, 7) is 5.63. The van der Waals surface area contributed by atoms with Gasteiger partial charge >= 0.3 is 6.09 Å². The highest BCUT2D eigenvalue weighted by Gasteiger charge is 2.40. The second-order valence-corrected chi connectivity index (χ2v) is 5.66. The molecule has 0 aromatic carbocycles. The first-order valence-corrected chi connectivity index (χ1v) is 6.19. The molecule has 100 valence electrons.